The zero-order valence-corrected chi connectivity index (χ0v) is 14.6. The summed E-state index contributed by atoms with van der Waals surface area (Å²) in [4.78, 5) is 24.2. The Bertz CT molecular complexity index is 566. The molecule has 1 saturated heterocycles. The number of aliphatic carboxylic acids is 1. The highest BCUT2D eigenvalue weighted by molar-refractivity contribution is 7.88. The van der Waals surface area contributed by atoms with E-state index in [2.05, 4.69) is 12.2 Å². The number of carbonyl (C=O) groups excluding carboxylic acids is 1. The Labute approximate surface area is 137 Å². The second-order valence-electron chi connectivity index (χ2n) is 7.02. The van der Waals surface area contributed by atoms with Gasteiger partial charge in [-0.05, 0) is 44.4 Å². The fraction of sp³-hybridized carbons (Fsp3) is 0.867. The van der Waals surface area contributed by atoms with Gasteiger partial charge in [0.1, 0.15) is 5.54 Å². The summed E-state index contributed by atoms with van der Waals surface area (Å²) in [6.07, 6.45) is 4.73. The van der Waals surface area contributed by atoms with Crippen LogP contribution in [0.4, 0.5) is 0 Å². The van der Waals surface area contributed by atoms with E-state index in [4.69, 9.17) is 0 Å². The van der Waals surface area contributed by atoms with E-state index in [1.807, 2.05) is 0 Å². The summed E-state index contributed by atoms with van der Waals surface area (Å²) >= 11 is 0. The van der Waals surface area contributed by atoms with Gasteiger partial charge in [-0.1, -0.05) is 6.92 Å². The van der Waals surface area contributed by atoms with Crippen molar-refractivity contribution >= 4 is 21.9 Å². The molecule has 1 aliphatic carbocycles. The van der Waals surface area contributed by atoms with Gasteiger partial charge in [-0.3, -0.25) is 4.79 Å². The van der Waals surface area contributed by atoms with Gasteiger partial charge in [0.25, 0.3) is 0 Å². The van der Waals surface area contributed by atoms with Crippen LogP contribution in [0.3, 0.4) is 0 Å². The number of carboxylic acids is 1. The van der Waals surface area contributed by atoms with E-state index in [1.165, 1.54) is 4.31 Å². The fourth-order valence-electron chi connectivity index (χ4n) is 3.44. The first-order valence-electron chi connectivity index (χ1n) is 8.14. The number of carbonyl (C=O) groups is 2. The average Bonchev–Trinajstić information content (AvgIpc) is 2.49. The molecule has 2 N–H and O–H groups in total. The van der Waals surface area contributed by atoms with Crippen LogP contribution in [0.2, 0.25) is 0 Å². The van der Waals surface area contributed by atoms with Gasteiger partial charge in [-0.15, -0.1) is 0 Å². The lowest BCUT2D eigenvalue weighted by Crippen LogP contribution is -2.58. The van der Waals surface area contributed by atoms with Gasteiger partial charge in [-0.2, -0.15) is 0 Å². The first-order chi connectivity index (χ1) is 10.6. The Hall–Kier alpha value is -1.15. The molecular weight excluding hydrogens is 320 g/mol. The lowest BCUT2D eigenvalue weighted by Gasteiger charge is -2.38. The maximum atomic E-state index is 12.5. The third-order valence-corrected chi connectivity index (χ3v) is 6.39. The van der Waals surface area contributed by atoms with Crippen molar-refractivity contribution in [1.29, 1.82) is 0 Å². The van der Waals surface area contributed by atoms with Crippen LogP contribution in [0.5, 0.6) is 0 Å². The summed E-state index contributed by atoms with van der Waals surface area (Å²) in [5.74, 6) is -1.34. The minimum atomic E-state index is -3.33. The molecule has 0 spiro atoms. The molecule has 1 amide bonds. The molecule has 0 aromatic heterocycles. The topological polar surface area (TPSA) is 104 Å². The summed E-state index contributed by atoms with van der Waals surface area (Å²) in [6.45, 7) is 2.64. The fourth-order valence-corrected chi connectivity index (χ4v) is 4.35. The molecule has 2 aliphatic rings. The Morgan fingerprint density at radius 1 is 1.22 bits per heavy atom. The van der Waals surface area contributed by atoms with Crippen molar-refractivity contribution in [3.05, 3.63) is 0 Å². The van der Waals surface area contributed by atoms with Crippen LogP contribution in [-0.4, -0.2) is 54.6 Å². The minimum Gasteiger partial charge on any atom is -0.480 e. The van der Waals surface area contributed by atoms with E-state index in [-0.39, 0.29) is 12.5 Å². The van der Waals surface area contributed by atoms with Gasteiger partial charge in [0, 0.05) is 13.1 Å². The second kappa shape index (κ2) is 6.76. The van der Waals surface area contributed by atoms with Crippen molar-refractivity contribution < 1.29 is 23.1 Å². The molecule has 0 aromatic rings. The van der Waals surface area contributed by atoms with Crippen molar-refractivity contribution in [2.75, 3.05) is 19.3 Å². The maximum Gasteiger partial charge on any atom is 0.329 e. The predicted octanol–water partition coefficient (Wildman–Crippen LogP) is 0.808. The first-order valence-corrected chi connectivity index (χ1v) is 9.99. The first kappa shape index (κ1) is 18.2. The van der Waals surface area contributed by atoms with Crippen LogP contribution in [0.25, 0.3) is 0 Å². The largest absolute Gasteiger partial charge is 0.480 e. The van der Waals surface area contributed by atoms with Gasteiger partial charge in [0.05, 0.1) is 12.2 Å². The van der Waals surface area contributed by atoms with Crippen molar-refractivity contribution in [1.82, 2.24) is 9.62 Å². The normalized spacial score (nSPS) is 33.1. The van der Waals surface area contributed by atoms with Crippen LogP contribution in [-0.2, 0) is 19.6 Å². The van der Waals surface area contributed by atoms with E-state index in [9.17, 15) is 23.1 Å². The standard InChI is InChI=1S/C15H26N2O5S/c1-11-5-7-15(8-6-11,14(19)20)16-13(18)12-4-3-9-17(10-12)23(2,21)22/h11-12H,3-10H2,1-2H3,(H,16,18)(H,19,20)/t11?,12-,15?/m1/s1. The molecule has 2 fully saturated rings. The number of carboxylic acid groups (broad SMARTS) is 1. The van der Waals surface area contributed by atoms with Gasteiger partial charge >= 0.3 is 5.97 Å². The number of sulfonamides is 1. The second-order valence-corrected chi connectivity index (χ2v) is 9.00. The molecule has 0 radical (unpaired) electrons. The molecule has 0 unspecified atom stereocenters. The highest BCUT2D eigenvalue weighted by Gasteiger charge is 2.44. The lowest BCUT2D eigenvalue weighted by molar-refractivity contribution is -0.150. The highest BCUT2D eigenvalue weighted by Crippen LogP contribution is 2.33. The van der Waals surface area contributed by atoms with E-state index in [0.717, 1.165) is 19.1 Å². The van der Waals surface area contributed by atoms with Crippen LogP contribution in [0.15, 0.2) is 0 Å². The molecule has 0 bridgehead atoms. The summed E-state index contributed by atoms with van der Waals surface area (Å²) in [7, 11) is -3.33. The van der Waals surface area contributed by atoms with Crippen molar-refractivity contribution in [2.24, 2.45) is 11.8 Å². The molecule has 23 heavy (non-hydrogen) atoms. The monoisotopic (exact) mass is 346 g/mol. The Morgan fingerprint density at radius 2 is 1.83 bits per heavy atom. The summed E-state index contributed by atoms with van der Waals surface area (Å²) in [5, 5.41) is 12.3. The van der Waals surface area contributed by atoms with E-state index < -0.39 is 27.4 Å². The number of nitrogens with zero attached hydrogens (tertiary/aromatic N) is 1. The van der Waals surface area contributed by atoms with Crippen LogP contribution in [0.1, 0.15) is 45.4 Å². The molecule has 1 aliphatic heterocycles. The van der Waals surface area contributed by atoms with E-state index in [0.29, 0.717) is 38.1 Å². The highest BCUT2D eigenvalue weighted by atomic mass is 32.2. The van der Waals surface area contributed by atoms with Crippen molar-refractivity contribution in [3.8, 4) is 0 Å². The van der Waals surface area contributed by atoms with Gasteiger partial charge < -0.3 is 10.4 Å². The van der Waals surface area contributed by atoms with Gasteiger partial charge in [-0.25, -0.2) is 17.5 Å². The third kappa shape index (κ3) is 4.23. The molecule has 2 rings (SSSR count). The number of nitrogens with one attached hydrogen (secondary N) is 1. The number of hydrogen-bond acceptors (Lipinski definition) is 4. The number of piperidine rings is 1. The summed E-state index contributed by atoms with van der Waals surface area (Å²) in [5.41, 5.74) is -1.20. The molecule has 0 aromatic carbocycles. The molecule has 1 saturated carbocycles. The Kier molecular flexibility index (Phi) is 5.35. The lowest BCUT2D eigenvalue weighted by atomic mass is 9.76. The maximum absolute atomic E-state index is 12.5. The smallest absolute Gasteiger partial charge is 0.329 e. The zero-order valence-electron chi connectivity index (χ0n) is 13.7. The van der Waals surface area contributed by atoms with Crippen LogP contribution >= 0.6 is 0 Å². The van der Waals surface area contributed by atoms with Crippen LogP contribution < -0.4 is 5.32 Å². The summed E-state index contributed by atoms with van der Waals surface area (Å²) < 4.78 is 24.6. The zero-order chi connectivity index (χ0) is 17.3. The van der Waals surface area contributed by atoms with Crippen molar-refractivity contribution in [3.63, 3.8) is 0 Å². The van der Waals surface area contributed by atoms with E-state index in [1.54, 1.807) is 0 Å². The summed E-state index contributed by atoms with van der Waals surface area (Å²) in [6, 6.07) is 0. The Morgan fingerprint density at radius 3 is 2.35 bits per heavy atom. The quantitative estimate of drug-likeness (QED) is 0.784. The minimum absolute atomic E-state index is 0.136. The SMILES string of the molecule is CC1CCC(NC(=O)[C@@H]2CCCN(S(C)(=O)=O)C2)(C(=O)O)CC1. The molecular formula is C15H26N2O5S. The molecule has 7 nitrogen and oxygen atoms in total. The number of hydrogen-bond donors (Lipinski definition) is 2. The molecule has 1 atom stereocenters. The average molecular weight is 346 g/mol. The number of rotatable bonds is 4. The molecule has 1 heterocycles. The van der Waals surface area contributed by atoms with E-state index >= 15 is 0 Å². The van der Waals surface area contributed by atoms with Gasteiger partial charge in [0.15, 0.2) is 0 Å². The molecule has 132 valence electrons. The third-order valence-electron chi connectivity index (χ3n) is 5.12. The predicted molar refractivity (Wildman–Crippen MR) is 85.3 cm³/mol. The number of amides is 1. The Balaban J connectivity index is 2.06. The van der Waals surface area contributed by atoms with Gasteiger partial charge in [0.2, 0.25) is 15.9 Å². The molecule has 8 heteroatoms. The van der Waals surface area contributed by atoms with Crippen molar-refractivity contribution in [2.45, 2.75) is 51.0 Å². The van der Waals surface area contributed by atoms with Crippen LogP contribution in [0, 0.1) is 11.8 Å².